The van der Waals surface area contributed by atoms with E-state index in [0.29, 0.717) is 12.8 Å². The molecule has 1 saturated carbocycles. The number of hydrogen-bond donors (Lipinski definition) is 2. The fourth-order valence-electron chi connectivity index (χ4n) is 2.90. The Balaban J connectivity index is 2.06. The summed E-state index contributed by atoms with van der Waals surface area (Å²) in [4.78, 5) is 23.5. The molecule has 0 unspecified atom stereocenters. The number of rotatable bonds is 5. The fraction of sp³-hybridized carbons (Fsp3) is 0.579. The van der Waals surface area contributed by atoms with Crippen LogP contribution in [0.5, 0.6) is 11.5 Å². The molecule has 27 heavy (non-hydrogen) atoms. The predicted molar refractivity (Wildman–Crippen MR) is 93.6 cm³/mol. The van der Waals surface area contributed by atoms with Gasteiger partial charge in [-0.25, -0.2) is 14.0 Å². The van der Waals surface area contributed by atoms with Crippen LogP contribution >= 0.6 is 0 Å². The molecule has 0 atom stereocenters. The van der Waals surface area contributed by atoms with Crippen molar-refractivity contribution in [3.63, 3.8) is 0 Å². The van der Waals surface area contributed by atoms with Crippen molar-refractivity contribution in [2.75, 3.05) is 7.11 Å². The molecule has 8 heteroatoms. The molecule has 0 aliphatic heterocycles. The molecule has 1 aliphatic carbocycles. The molecule has 1 fully saturated rings. The third-order valence-corrected chi connectivity index (χ3v) is 4.32. The Kier molecular flexibility index (Phi) is 5.99. The second-order valence-electron chi connectivity index (χ2n) is 7.64. The minimum absolute atomic E-state index is 0.102. The molecule has 1 aromatic rings. The minimum atomic E-state index is -1.60. The van der Waals surface area contributed by atoms with Crippen molar-refractivity contribution in [1.82, 2.24) is 0 Å². The van der Waals surface area contributed by atoms with Crippen molar-refractivity contribution in [3.05, 3.63) is 23.5 Å². The zero-order chi connectivity index (χ0) is 20.4. The summed E-state index contributed by atoms with van der Waals surface area (Å²) in [7, 11) is 1.25. The van der Waals surface area contributed by atoms with E-state index in [4.69, 9.17) is 14.2 Å². The maximum absolute atomic E-state index is 14.2. The van der Waals surface area contributed by atoms with E-state index in [2.05, 4.69) is 0 Å². The summed E-state index contributed by atoms with van der Waals surface area (Å²) < 4.78 is 29.9. The van der Waals surface area contributed by atoms with Crippen LogP contribution in [0, 0.1) is 5.82 Å². The summed E-state index contributed by atoms with van der Waals surface area (Å²) in [5, 5.41) is 19.7. The molecule has 2 rings (SSSR count). The second-order valence-corrected chi connectivity index (χ2v) is 7.64. The number of benzene rings is 1. The lowest BCUT2D eigenvalue weighted by Crippen LogP contribution is -2.47. The van der Waals surface area contributed by atoms with E-state index in [1.54, 1.807) is 20.8 Å². The number of aliphatic hydroxyl groups is 1. The van der Waals surface area contributed by atoms with Crippen LogP contribution in [0.3, 0.4) is 0 Å². The number of hydrogen-bond acceptors (Lipinski definition) is 6. The normalized spacial score (nSPS) is 22.8. The average Bonchev–Trinajstić information content (AvgIpc) is 2.56. The van der Waals surface area contributed by atoms with Gasteiger partial charge in [0.05, 0.1) is 13.2 Å². The first kappa shape index (κ1) is 21.0. The molecule has 1 aromatic carbocycles. The number of carbonyl (C=O) groups is 2. The Labute approximate surface area is 157 Å². The van der Waals surface area contributed by atoms with Crippen molar-refractivity contribution < 1.29 is 38.4 Å². The highest BCUT2D eigenvalue weighted by molar-refractivity contribution is 5.91. The second kappa shape index (κ2) is 7.72. The van der Waals surface area contributed by atoms with Crippen LogP contribution in [0.2, 0.25) is 0 Å². The van der Waals surface area contributed by atoms with Gasteiger partial charge in [-0.2, -0.15) is 0 Å². The van der Waals surface area contributed by atoms with Crippen LogP contribution < -0.4 is 9.47 Å². The Hall–Kier alpha value is -2.35. The molecule has 0 aromatic heterocycles. The SMILES string of the molecule is COc1cc(F)c(O[C@H]2CC[C@@](O)(C(=O)OC(C)(C)C)CC2)cc1C(=O)O. The predicted octanol–water partition coefficient (Wildman–Crippen LogP) is 2.93. The van der Waals surface area contributed by atoms with E-state index in [-0.39, 0.29) is 29.9 Å². The fourth-order valence-corrected chi connectivity index (χ4v) is 2.90. The standard InChI is InChI=1S/C19H25FO7/c1-18(2,3)27-17(23)19(24)7-5-11(6-8-19)26-15-9-12(16(21)22)14(25-4)10-13(15)20/h9-11,24H,5-8H2,1-4H3,(H,21,22)/t11-,19-. The molecule has 0 bridgehead atoms. The van der Waals surface area contributed by atoms with Gasteiger partial charge in [0.1, 0.15) is 16.9 Å². The number of methoxy groups -OCH3 is 1. The summed E-state index contributed by atoms with van der Waals surface area (Å²) in [6.07, 6.45) is 0.344. The van der Waals surface area contributed by atoms with Gasteiger partial charge < -0.3 is 24.4 Å². The number of carboxylic acid groups (broad SMARTS) is 1. The summed E-state index contributed by atoms with van der Waals surface area (Å²) in [5.74, 6) is -3.00. The largest absolute Gasteiger partial charge is 0.496 e. The van der Waals surface area contributed by atoms with E-state index in [9.17, 15) is 24.2 Å². The van der Waals surface area contributed by atoms with Crippen LogP contribution in [0.4, 0.5) is 4.39 Å². The van der Waals surface area contributed by atoms with Gasteiger partial charge in [0, 0.05) is 12.1 Å². The van der Waals surface area contributed by atoms with Gasteiger partial charge in [-0.15, -0.1) is 0 Å². The van der Waals surface area contributed by atoms with Crippen molar-refractivity contribution >= 4 is 11.9 Å². The first-order valence-electron chi connectivity index (χ1n) is 8.68. The Morgan fingerprint density at radius 3 is 2.26 bits per heavy atom. The molecule has 0 radical (unpaired) electrons. The number of carboxylic acids is 1. The Morgan fingerprint density at radius 1 is 1.19 bits per heavy atom. The lowest BCUT2D eigenvalue weighted by molar-refractivity contribution is -0.182. The minimum Gasteiger partial charge on any atom is -0.496 e. The van der Waals surface area contributed by atoms with Gasteiger partial charge in [-0.1, -0.05) is 0 Å². The molecule has 2 N–H and O–H groups in total. The molecule has 7 nitrogen and oxygen atoms in total. The average molecular weight is 384 g/mol. The van der Waals surface area contributed by atoms with Crippen LogP contribution in [-0.2, 0) is 9.53 Å². The zero-order valence-corrected chi connectivity index (χ0v) is 15.9. The third-order valence-electron chi connectivity index (χ3n) is 4.32. The molecule has 0 saturated heterocycles. The van der Waals surface area contributed by atoms with E-state index in [0.717, 1.165) is 12.1 Å². The van der Waals surface area contributed by atoms with Crippen LogP contribution in [0.15, 0.2) is 12.1 Å². The highest BCUT2D eigenvalue weighted by Crippen LogP contribution is 2.35. The first-order chi connectivity index (χ1) is 12.4. The Morgan fingerprint density at radius 2 is 1.78 bits per heavy atom. The van der Waals surface area contributed by atoms with Gasteiger partial charge in [0.15, 0.2) is 17.2 Å². The third kappa shape index (κ3) is 5.09. The van der Waals surface area contributed by atoms with Crippen molar-refractivity contribution in [1.29, 1.82) is 0 Å². The molecule has 0 heterocycles. The maximum Gasteiger partial charge on any atom is 0.339 e. The van der Waals surface area contributed by atoms with Gasteiger partial charge in [0.25, 0.3) is 0 Å². The number of halogens is 1. The molecular formula is C19H25FO7. The summed E-state index contributed by atoms with van der Waals surface area (Å²) in [5.41, 5.74) is -2.52. The zero-order valence-electron chi connectivity index (χ0n) is 15.9. The molecule has 150 valence electrons. The number of carbonyl (C=O) groups excluding carboxylic acids is 1. The summed E-state index contributed by atoms with van der Waals surface area (Å²) >= 11 is 0. The Bertz CT molecular complexity index is 716. The molecule has 1 aliphatic rings. The van der Waals surface area contributed by atoms with Crippen LogP contribution in [-0.4, -0.2) is 46.6 Å². The summed E-state index contributed by atoms with van der Waals surface area (Å²) in [6, 6.07) is 2.03. The van der Waals surface area contributed by atoms with Crippen LogP contribution in [0.25, 0.3) is 0 Å². The lowest BCUT2D eigenvalue weighted by Gasteiger charge is -2.36. The number of esters is 1. The van der Waals surface area contributed by atoms with Gasteiger partial charge >= 0.3 is 11.9 Å². The first-order valence-corrected chi connectivity index (χ1v) is 8.68. The van der Waals surface area contributed by atoms with E-state index in [1.807, 2.05) is 0 Å². The van der Waals surface area contributed by atoms with Crippen molar-refractivity contribution in [3.8, 4) is 11.5 Å². The van der Waals surface area contributed by atoms with Crippen molar-refractivity contribution in [2.24, 2.45) is 0 Å². The van der Waals surface area contributed by atoms with Crippen LogP contribution in [0.1, 0.15) is 56.8 Å². The van der Waals surface area contributed by atoms with E-state index < -0.39 is 35.1 Å². The quantitative estimate of drug-likeness (QED) is 0.753. The monoisotopic (exact) mass is 384 g/mol. The highest BCUT2D eigenvalue weighted by atomic mass is 19.1. The van der Waals surface area contributed by atoms with E-state index in [1.165, 1.54) is 7.11 Å². The van der Waals surface area contributed by atoms with Gasteiger partial charge in [0.2, 0.25) is 0 Å². The van der Waals surface area contributed by atoms with E-state index >= 15 is 0 Å². The molecule has 0 spiro atoms. The maximum atomic E-state index is 14.2. The smallest absolute Gasteiger partial charge is 0.339 e. The van der Waals surface area contributed by atoms with Gasteiger partial charge in [-0.3, -0.25) is 0 Å². The topological polar surface area (TPSA) is 102 Å². The number of aromatic carboxylic acids is 1. The highest BCUT2D eigenvalue weighted by Gasteiger charge is 2.43. The van der Waals surface area contributed by atoms with Crippen molar-refractivity contribution in [2.45, 2.75) is 63.8 Å². The number of ether oxygens (including phenoxy) is 3. The summed E-state index contributed by atoms with van der Waals surface area (Å²) in [6.45, 7) is 5.15. The van der Waals surface area contributed by atoms with Gasteiger partial charge in [-0.05, 0) is 46.5 Å². The lowest BCUT2D eigenvalue weighted by atomic mass is 9.83. The molecular weight excluding hydrogens is 359 g/mol. The molecule has 0 amide bonds.